The van der Waals surface area contributed by atoms with Crippen molar-refractivity contribution in [1.29, 1.82) is 5.26 Å². The van der Waals surface area contributed by atoms with Crippen molar-refractivity contribution in [2.24, 2.45) is 5.92 Å². The molecule has 0 aliphatic carbocycles. The quantitative estimate of drug-likeness (QED) is 0.711. The lowest BCUT2D eigenvalue weighted by molar-refractivity contribution is 0.638. The fourth-order valence-electron chi connectivity index (χ4n) is 1.50. The zero-order valence-corrected chi connectivity index (χ0v) is 9.17. The Kier molecular flexibility index (Phi) is 3.71. The van der Waals surface area contributed by atoms with Gasteiger partial charge in [0.15, 0.2) is 0 Å². The molecule has 0 amide bonds. The van der Waals surface area contributed by atoms with Gasteiger partial charge in [-0.3, -0.25) is 0 Å². The van der Waals surface area contributed by atoms with Crippen LogP contribution < -0.4 is 0 Å². The van der Waals surface area contributed by atoms with Crippen LogP contribution in [0, 0.1) is 31.1 Å². The van der Waals surface area contributed by atoms with E-state index < -0.39 is 0 Å². The van der Waals surface area contributed by atoms with Crippen LogP contribution in [-0.4, -0.2) is 0 Å². The summed E-state index contributed by atoms with van der Waals surface area (Å²) in [7, 11) is 0. The lowest BCUT2D eigenvalue weighted by Crippen LogP contribution is -2.00. The van der Waals surface area contributed by atoms with Gasteiger partial charge < -0.3 is 0 Å². The van der Waals surface area contributed by atoms with Crippen molar-refractivity contribution in [3.8, 4) is 6.07 Å². The molecule has 1 aromatic carbocycles. The topological polar surface area (TPSA) is 23.8 Å². The van der Waals surface area contributed by atoms with E-state index in [0.29, 0.717) is 0 Å². The van der Waals surface area contributed by atoms with Crippen molar-refractivity contribution in [2.45, 2.75) is 33.6 Å². The maximum absolute atomic E-state index is 8.86. The lowest BCUT2D eigenvalue weighted by atomic mass is 9.96. The molecule has 1 nitrogen and oxygen atoms in total. The maximum atomic E-state index is 8.86. The van der Waals surface area contributed by atoms with Crippen LogP contribution in [0.4, 0.5) is 0 Å². The molecular formula is C13H17N. The molecule has 0 aliphatic rings. The predicted octanol–water partition coefficient (Wildman–Crippen LogP) is 3.40. The van der Waals surface area contributed by atoms with Gasteiger partial charge in [-0.1, -0.05) is 25.1 Å². The smallest absolute Gasteiger partial charge is 0.0659 e. The van der Waals surface area contributed by atoms with Gasteiger partial charge in [0.25, 0.3) is 0 Å². The van der Waals surface area contributed by atoms with E-state index >= 15 is 0 Å². The molecule has 0 saturated heterocycles. The summed E-state index contributed by atoms with van der Waals surface area (Å²) in [6.45, 7) is 6.29. The number of aryl methyl sites for hydroxylation is 2. The van der Waals surface area contributed by atoms with Crippen LogP contribution in [0.25, 0.3) is 0 Å². The highest BCUT2D eigenvalue weighted by Crippen LogP contribution is 2.15. The molecular weight excluding hydrogens is 170 g/mol. The van der Waals surface area contributed by atoms with Crippen molar-refractivity contribution < 1.29 is 0 Å². The predicted molar refractivity (Wildman–Crippen MR) is 59.0 cm³/mol. The fourth-order valence-corrected chi connectivity index (χ4v) is 1.50. The van der Waals surface area contributed by atoms with E-state index in [-0.39, 0.29) is 5.92 Å². The lowest BCUT2D eigenvalue weighted by Gasteiger charge is -2.08. The van der Waals surface area contributed by atoms with E-state index in [4.69, 9.17) is 5.26 Å². The highest BCUT2D eigenvalue weighted by atomic mass is 14.3. The summed E-state index contributed by atoms with van der Waals surface area (Å²) in [6.07, 6.45) is 1.82. The zero-order valence-electron chi connectivity index (χ0n) is 9.17. The van der Waals surface area contributed by atoms with E-state index in [1.54, 1.807) is 0 Å². The van der Waals surface area contributed by atoms with Gasteiger partial charge in [0, 0.05) is 0 Å². The summed E-state index contributed by atoms with van der Waals surface area (Å²) < 4.78 is 0. The summed E-state index contributed by atoms with van der Waals surface area (Å²) in [6, 6.07) is 8.79. The third-order valence-corrected chi connectivity index (χ3v) is 2.73. The molecule has 0 bridgehead atoms. The average molecular weight is 187 g/mol. The SMILES string of the molecule is CCC(C#N)Cc1ccc(C)c(C)c1. The average Bonchev–Trinajstić information content (AvgIpc) is 2.19. The second kappa shape index (κ2) is 4.81. The molecule has 1 rings (SSSR count). The van der Waals surface area contributed by atoms with Gasteiger partial charge in [0.05, 0.1) is 12.0 Å². The van der Waals surface area contributed by atoms with E-state index in [9.17, 15) is 0 Å². The van der Waals surface area contributed by atoms with Crippen molar-refractivity contribution in [3.05, 3.63) is 34.9 Å². The molecule has 0 aliphatic heterocycles. The standard InChI is InChI=1S/C13H17N/c1-4-12(9-14)8-13-6-5-10(2)11(3)7-13/h5-7,12H,4,8H2,1-3H3. The van der Waals surface area contributed by atoms with Crippen molar-refractivity contribution in [3.63, 3.8) is 0 Å². The Morgan fingerprint density at radius 2 is 2.00 bits per heavy atom. The minimum absolute atomic E-state index is 0.164. The normalized spacial score (nSPS) is 12.1. The van der Waals surface area contributed by atoms with Gasteiger partial charge in [-0.2, -0.15) is 5.26 Å². The Hall–Kier alpha value is -1.29. The van der Waals surface area contributed by atoms with Gasteiger partial charge in [-0.15, -0.1) is 0 Å². The summed E-state index contributed by atoms with van der Waals surface area (Å²) in [5.41, 5.74) is 3.91. The van der Waals surface area contributed by atoms with Crippen LogP contribution in [0.3, 0.4) is 0 Å². The van der Waals surface area contributed by atoms with Crippen LogP contribution in [0.1, 0.15) is 30.0 Å². The van der Waals surface area contributed by atoms with Gasteiger partial charge in [0.2, 0.25) is 0 Å². The fraction of sp³-hybridized carbons (Fsp3) is 0.462. The molecule has 1 aromatic rings. The first kappa shape index (κ1) is 10.8. The van der Waals surface area contributed by atoms with E-state index in [1.165, 1.54) is 16.7 Å². The highest BCUT2D eigenvalue weighted by Gasteiger charge is 2.06. The van der Waals surface area contributed by atoms with E-state index in [0.717, 1.165) is 12.8 Å². The van der Waals surface area contributed by atoms with Gasteiger partial charge >= 0.3 is 0 Å². The Bertz CT molecular complexity index is 347. The molecule has 1 unspecified atom stereocenters. The largest absolute Gasteiger partial charge is 0.198 e. The monoisotopic (exact) mass is 187 g/mol. The Balaban J connectivity index is 2.78. The molecule has 14 heavy (non-hydrogen) atoms. The highest BCUT2D eigenvalue weighted by molar-refractivity contribution is 5.30. The second-order valence-electron chi connectivity index (χ2n) is 3.86. The summed E-state index contributed by atoms with van der Waals surface area (Å²) in [5, 5.41) is 8.86. The minimum atomic E-state index is 0.164. The molecule has 0 heterocycles. The third-order valence-electron chi connectivity index (χ3n) is 2.73. The van der Waals surface area contributed by atoms with Gasteiger partial charge in [-0.05, 0) is 43.4 Å². The molecule has 1 atom stereocenters. The molecule has 0 fully saturated rings. The van der Waals surface area contributed by atoms with Crippen LogP contribution >= 0.6 is 0 Å². The minimum Gasteiger partial charge on any atom is -0.198 e. The summed E-state index contributed by atoms with van der Waals surface area (Å²) in [4.78, 5) is 0. The number of hydrogen-bond donors (Lipinski definition) is 0. The molecule has 0 aromatic heterocycles. The van der Waals surface area contributed by atoms with Crippen LogP contribution in [0.2, 0.25) is 0 Å². The first-order chi connectivity index (χ1) is 6.67. The first-order valence-corrected chi connectivity index (χ1v) is 5.13. The third kappa shape index (κ3) is 2.60. The maximum Gasteiger partial charge on any atom is 0.0659 e. The van der Waals surface area contributed by atoms with E-state index in [2.05, 4.69) is 45.0 Å². The Morgan fingerprint density at radius 3 is 2.50 bits per heavy atom. The zero-order chi connectivity index (χ0) is 10.6. The molecule has 0 radical (unpaired) electrons. The molecule has 0 saturated carbocycles. The number of nitrogens with zero attached hydrogens (tertiary/aromatic N) is 1. The van der Waals surface area contributed by atoms with Crippen LogP contribution in [-0.2, 0) is 6.42 Å². The summed E-state index contributed by atoms with van der Waals surface area (Å²) in [5.74, 6) is 0.164. The molecule has 74 valence electrons. The molecule has 0 spiro atoms. The van der Waals surface area contributed by atoms with Crippen molar-refractivity contribution >= 4 is 0 Å². The van der Waals surface area contributed by atoms with E-state index in [1.807, 2.05) is 0 Å². The Morgan fingerprint density at radius 1 is 1.29 bits per heavy atom. The number of benzene rings is 1. The van der Waals surface area contributed by atoms with Gasteiger partial charge in [-0.25, -0.2) is 0 Å². The van der Waals surface area contributed by atoms with Crippen molar-refractivity contribution in [1.82, 2.24) is 0 Å². The number of hydrogen-bond acceptors (Lipinski definition) is 1. The van der Waals surface area contributed by atoms with Gasteiger partial charge in [0.1, 0.15) is 0 Å². The molecule has 0 N–H and O–H groups in total. The van der Waals surface area contributed by atoms with Crippen molar-refractivity contribution in [2.75, 3.05) is 0 Å². The Labute approximate surface area is 86.4 Å². The van der Waals surface area contributed by atoms with Crippen LogP contribution in [0.5, 0.6) is 0 Å². The molecule has 1 heteroatoms. The first-order valence-electron chi connectivity index (χ1n) is 5.13. The summed E-state index contributed by atoms with van der Waals surface area (Å²) >= 11 is 0. The second-order valence-corrected chi connectivity index (χ2v) is 3.86. The number of nitriles is 1. The number of rotatable bonds is 3. The van der Waals surface area contributed by atoms with Crippen LogP contribution in [0.15, 0.2) is 18.2 Å².